The van der Waals surface area contributed by atoms with Gasteiger partial charge in [0.1, 0.15) is 0 Å². The summed E-state index contributed by atoms with van der Waals surface area (Å²) in [5, 5.41) is 3.87. The van der Waals surface area contributed by atoms with Crippen molar-refractivity contribution >= 4 is 41.5 Å². The lowest BCUT2D eigenvalue weighted by Crippen LogP contribution is -2.41. The molecular formula is C13H19Cl3N2O. The van der Waals surface area contributed by atoms with Crippen LogP contribution in [0.5, 0.6) is 0 Å². The molecule has 0 aliphatic heterocycles. The van der Waals surface area contributed by atoms with E-state index in [-0.39, 0.29) is 18.3 Å². The van der Waals surface area contributed by atoms with Crippen LogP contribution in [0.4, 0.5) is 0 Å². The predicted molar refractivity (Wildman–Crippen MR) is 83.3 cm³/mol. The van der Waals surface area contributed by atoms with Crippen LogP contribution in [0.2, 0.25) is 10.0 Å². The number of carbonyl (C=O) groups excluding carboxylic acids is 1. The number of nitrogens with one attached hydrogen (secondary N) is 1. The molecule has 0 aliphatic rings. The third-order valence-corrected chi connectivity index (χ3v) is 3.52. The van der Waals surface area contributed by atoms with Gasteiger partial charge in [-0.15, -0.1) is 12.4 Å². The van der Waals surface area contributed by atoms with Gasteiger partial charge in [0.05, 0.1) is 16.1 Å². The third-order valence-electron chi connectivity index (χ3n) is 2.66. The van der Waals surface area contributed by atoms with E-state index in [1.54, 1.807) is 6.07 Å². The van der Waals surface area contributed by atoms with Gasteiger partial charge < -0.3 is 11.1 Å². The average Bonchev–Trinajstić information content (AvgIpc) is 2.34. The van der Waals surface area contributed by atoms with Gasteiger partial charge in [-0.05, 0) is 24.5 Å². The minimum Gasteiger partial charge on any atom is -0.354 e. The molecule has 1 amide bonds. The molecule has 1 rings (SSSR count). The van der Waals surface area contributed by atoms with Crippen LogP contribution in [-0.4, -0.2) is 18.5 Å². The highest BCUT2D eigenvalue weighted by Crippen LogP contribution is 2.25. The number of carbonyl (C=O) groups is 1. The molecular weight excluding hydrogens is 307 g/mol. The maximum Gasteiger partial charge on any atom is 0.236 e. The van der Waals surface area contributed by atoms with Crippen molar-refractivity contribution in [1.82, 2.24) is 5.32 Å². The minimum atomic E-state index is -0.426. The number of hydrogen-bond acceptors (Lipinski definition) is 2. The van der Waals surface area contributed by atoms with Gasteiger partial charge in [-0.25, -0.2) is 0 Å². The van der Waals surface area contributed by atoms with Gasteiger partial charge in [0.2, 0.25) is 5.91 Å². The zero-order valence-corrected chi connectivity index (χ0v) is 13.1. The summed E-state index contributed by atoms with van der Waals surface area (Å²) < 4.78 is 0. The fourth-order valence-corrected chi connectivity index (χ4v) is 2.05. The molecule has 0 saturated heterocycles. The lowest BCUT2D eigenvalue weighted by Gasteiger charge is -2.11. The van der Waals surface area contributed by atoms with Gasteiger partial charge in [0, 0.05) is 6.54 Å². The second-order valence-corrected chi connectivity index (χ2v) is 4.93. The summed E-state index contributed by atoms with van der Waals surface area (Å²) in [6.45, 7) is 2.51. The molecule has 0 saturated carbocycles. The fraction of sp³-hybridized carbons (Fsp3) is 0.462. The lowest BCUT2D eigenvalue weighted by atomic mass is 10.1. The Morgan fingerprint density at radius 1 is 1.42 bits per heavy atom. The highest BCUT2D eigenvalue weighted by Gasteiger charge is 2.11. The fourth-order valence-electron chi connectivity index (χ4n) is 1.64. The second kappa shape index (κ2) is 9.43. The van der Waals surface area contributed by atoms with Crippen molar-refractivity contribution in [2.24, 2.45) is 5.73 Å². The first kappa shape index (κ1) is 18.5. The normalized spacial score (nSPS) is 11.6. The molecule has 1 aromatic rings. The Hall–Kier alpha value is -0.480. The van der Waals surface area contributed by atoms with E-state index in [0.29, 0.717) is 29.4 Å². The van der Waals surface area contributed by atoms with Crippen molar-refractivity contribution in [3.05, 3.63) is 33.8 Å². The first-order chi connectivity index (χ1) is 8.56. The molecule has 0 bridgehead atoms. The number of hydrogen-bond donors (Lipinski definition) is 2. The molecule has 1 atom stereocenters. The van der Waals surface area contributed by atoms with E-state index >= 15 is 0 Å². The van der Waals surface area contributed by atoms with Crippen molar-refractivity contribution in [1.29, 1.82) is 0 Å². The molecule has 6 heteroatoms. The summed E-state index contributed by atoms with van der Waals surface area (Å²) in [6.07, 6.45) is 2.24. The minimum absolute atomic E-state index is 0. The van der Waals surface area contributed by atoms with E-state index in [9.17, 15) is 4.79 Å². The van der Waals surface area contributed by atoms with Gasteiger partial charge in [-0.1, -0.05) is 48.7 Å². The molecule has 0 spiro atoms. The van der Waals surface area contributed by atoms with Gasteiger partial charge in [0.15, 0.2) is 0 Å². The summed E-state index contributed by atoms with van der Waals surface area (Å²) in [4.78, 5) is 11.6. The van der Waals surface area contributed by atoms with Crippen LogP contribution in [0.15, 0.2) is 18.2 Å². The van der Waals surface area contributed by atoms with Crippen LogP contribution in [0, 0.1) is 0 Å². The number of nitrogens with two attached hydrogens (primary N) is 1. The van der Waals surface area contributed by atoms with E-state index in [1.165, 1.54) is 0 Å². The molecule has 0 fully saturated rings. The van der Waals surface area contributed by atoms with Gasteiger partial charge in [-0.2, -0.15) is 0 Å². The summed E-state index contributed by atoms with van der Waals surface area (Å²) in [5.41, 5.74) is 6.63. The van der Waals surface area contributed by atoms with Crippen LogP contribution in [-0.2, 0) is 11.2 Å². The van der Waals surface area contributed by atoms with E-state index in [2.05, 4.69) is 5.32 Å². The van der Waals surface area contributed by atoms with Crippen molar-refractivity contribution < 1.29 is 4.79 Å². The SMILES string of the molecule is CCCC(N)C(=O)NCCc1cccc(Cl)c1Cl.Cl. The quantitative estimate of drug-likeness (QED) is 0.844. The maximum absolute atomic E-state index is 11.6. The summed E-state index contributed by atoms with van der Waals surface area (Å²) >= 11 is 12.0. The zero-order chi connectivity index (χ0) is 13.5. The molecule has 0 aromatic heterocycles. The van der Waals surface area contributed by atoms with Crippen LogP contribution in [0.3, 0.4) is 0 Å². The monoisotopic (exact) mass is 324 g/mol. The van der Waals surface area contributed by atoms with Crippen LogP contribution in [0.25, 0.3) is 0 Å². The smallest absolute Gasteiger partial charge is 0.236 e. The average molecular weight is 326 g/mol. The second-order valence-electron chi connectivity index (χ2n) is 4.15. The van der Waals surface area contributed by atoms with E-state index in [1.807, 2.05) is 19.1 Å². The number of halogens is 3. The van der Waals surface area contributed by atoms with Crippen molar-refractivity contribution in [3.63, 3.8) is 0 Å². The number of rotatable bonds is 6. The first-order valence-electron chi connectivity index (χ1n) is 6.02. The highest BCUT2D eigenvalue weighted by atomic mass is 35.5. The Bertz CT molecular complexity index is 413. The van der Waals surface area contributed by atoms with E-state index in [0.717, 1.165) is 12.0 Å². The molecule has 3 nitrogen and oxygen atoms in total. The molecule has 1 aromatic carbocycles. The number of benzene rings is 1. The standard InChI is InChI=1S/C13H18Cl2N2O.ClH/c1-2-4-11(16)13(18)17-8-7-9-5-3-6-10(14)12(9)15;/h3,5-6,11H,2,4,7-8,16H2,1H3,(H,17,18);1H. The molecule has 0 radical (unpaired) electrons. The maximum atomic E-state index is 11.6. The Kier molecular flexibility index (Phi) is 9.19. The van der Waals surface area contributed by atoms with Crippen molar-refractivity contribution in [3.8, 4) is 0 Å². The van der Waals surface area contributed by atoms with Crippen LogP contribution in [0.1, 0.15) is 25.3 Å². The molecule has 1 unspecified atom stereocenters. The van der Waals surface area contributed by atoms with E-state index < -0.39 is 6.04 Å². The molecule has 0 heterocycles. The Labute approximate surface area is 130 Å². The topological polar surface area (TPSA) is 55.1 Å². The summed E-state index contributed by atoms with van der Waals surface area (Å²) in [7, 11) is 0. The largest absolute Gasteiger partial charge is 0.354 e. The zero-order valence-electron chi connectivity index (χ0n) is 10.8. The number of amides is 1. The highest BCUT2D eigenvalue weighted by molar-refractivity contribution is 6.42. The molecule has 19 heavy (non-hydrogen) atoms. The molecule has 3 N–H and O–H groups in total. The van der Waals surface area contributed by atoms with Crippen LogP contribution >= 0.6 is 35.6 Å². The Morgan fingerprint density at radius 2 is 2.11 bits per heavy atom. The predicted octanol–water partition coefficient (Wildman–Crippen LogP) is 3.20. The molecule has 108 valence electrons. The van der Waals surface area contributed by atoms with Gasteiger partial charge in [-0.3, -0.25) is 4.79 Å². The molecule has 0 aliphatic carbocycles. The first-order valence-corrected chi connectivity index (χ1v) is 6.78. The van der Waals surface area contributed by atoms with Gasteiger partial charge in [0.25, 0.3) is 0 Å². The summed E-state index contributed by atoms with van der Waals surface area (Å²) in [6, 6.07) is 5.05. The van der Waals surface area contributed by atoms with Gasteiger partial charge >= 0.3 is 0 Å². The Balaban J connectivity index is 0.00000324. The van der Waals surface area contributed by atoms with Crippen molar-refractivity contribution in [2.45, 2.75) is 32.2 Å². The van der Waals surface area contributed by atoms with E-state index in [4.69, 9.17) is 28.9 Å². The summed E-state index contributed by atoms with van der Waals surface area (Å²) in [5.74, 6) is -0.116. The third kappa shape index (κ3) is 6.00. The van der Waals surface area contributed by atoms with Crippen molar-refractivity contribution in [2.75, 3.05) is 6.54 Å². The Morgan fingerprint density at radius 3 is 2.74 bits per heavy atom. The van der Waals surface area contributed by atoms with Crippen LogP contribution < -0.4 is 11.1 Å². The lowest BCUT2D eigenvalue weighted by molar-refractivity contribution is -0.122.